The van der Waals surface area contributed by atoms with Crippen LogP contribution >= 0.6 is 0 Å². The summed E-state index contributed by atoms with van der Waals surface area (Å²) < 4.78 is 26.6. The number of rotatable bonds is 7. The highest BCUT2D eigenvalue weighted by molar-refractivity contribution is 7.89. The van der Waals surface area contributed by atoms with Gasteiger partial charge in [-0.05, 0) is 31.0 Å². The largest absolute Gasteiger partial charge is 0.324 e. The van der Waals surface area contributed by atoms with E-state index in [1.54, 1.807) is 18.2 Å². The van der Waals surface area contributed by atoms with Crippen LogP contribution in [0.15, 0.2) is 29.2 Å². The molecule has 0 radical (unpaired) electrons. The molecule has 1 atom stereocenters. The van der Waals surface area contributed by atoms with Crippen LogP contribution in [0.1, 0.15) is 45.2 Å². The Balaban J connectivity index is 3.07. The Morgan fingerprint density at radius 3 is 2.53 bits per heavy atom. The molecule has 0 aliphatic rings. The number of nitrogens with two attached hydrogens (primary N) is 1. The molecule has 0 amide bonds. The van der Waals surface area contributed by atoms with Gasteiger partial charge < -0.3 is 5.73 Å². The van der Waals surface area contributed by atoms with E-state index in [4.69, 9.17) is 5.73 Å². The van der Waals surface area contributed by atoms with E-state index in [-0.39, 0.29) is 6.04 Å². The van der Waals surface area contributed by atoms with Gasteiger partial charge >= 0.3 is 0 Å². The second kappa shape index (κ2) is 7.03. The lowest BCUT2D eigenvalue weighted by Crippen LogP contribution is -2.32. The number of hydrogen-bond acceptors (Lipinski definition) is 3. The van der Waals surface area contributed by atoms with Crippen molar-refractivity contribution in [2.45, 2.75) is 44.6 Å². The molecule has 0 fully saturated rings. The van der Waals surface area contributed by atoms with Crippen LogP contribution in [0, 0.1) is 0 Å². The molecular formula is C14H24N2O2S. The molecule has 0 bridgehead atoms. The van der Waals surface area contributed by atoms with Crippen LogP contribution in [0.3, 0.4) is 0 Å². The van der Waals surface area contributed by atoms with Crippen molar-refractivity contribution in [2.75, 3.05) is 13.1 Å². The quantitative estimate of drug-likeness (QED) is 0.836. The molecule has 0 aliphatic carbocycles. The molecule has 108 valence electrons. The third-order valence-corrected chi connectivity index (χ3v) is 5.11. The zero-order valence-corrected chi connectivity index (χ0v) is 12.8. The minimum atomic E-state index is -3.40. The highest BCUT2D eigenvalue weighted by atomic mass is 32.2. The minimum absolute atomic E-state index is 0.166. The van der Waals surface area contributed by atoms with Crippen molar-refractivity contribution in [1.29, 1.82) is 0 Å². The van der Waals surface area contributed by atoms with Gasteiger partial charge in [0, 0.05) is 19.1 Å². The lowest BCUT2D eigenvalue weighted by Gasteiger charge is -2.20. The fourth-order valence-corrected chi connectivity index (χ4v) is 3.43. The van der Waals surface area contributed by atoms with Crippen LogP contribution in [0.25, 0.3) is 0 Å². The molecule has 0 heterocycles. The van der Waals surface area contributed by atoms with Crippen LogP contribution < -0.4 is 5.73 Å². The van der Waals surface area contributed by atoms with E-state index in [0.29, 0.717) is 18.0 Å². The third kappa shape index (κ3) is 4.03. The van der Waals surface area contributed by atoms with Crippen molar-refractivity contribution in [1.82, 2.24) is 4.31 Å². The first-order valence-electron chi connectivity index (χ1n) is 6.79. The zero-order valence-electron chi connectivity index (χ0n) is 12.0. The predicted molar refractivity (Wildman–Crippen MR) is 78.4 cm³/mol. The number of sulfonamides is 1. The Morgan fingerprint density at radius 2 is 2.00 bits per heavy atom. The Kier molecular flexibility index (Phi) is 5.97. The Labute approximate surface area is 116 Å². The highest BCUT2D eigenvalue weighted by Crippen LogP contribution is 2.20. The van der Waals surface area contributed by atoms with Crippen molar-refractivity contribution in [2.24, 2.45) is 5.73 Å². The smallest absolute Gasteiger partial charge is 0.243 e. The van der Waals surface area contributed by atoms with Gasteiger partial charge in [-0.3, -0.25) is 0 Å². The molecule has 0 saturated heterocycles. The van der Waals surface area contributed by atoms with Gasteiger partial charge in [0.15, 0.2) is 0 Å². The van der Waals surface area contributed by atoms with Crippen LogP contribution in [0.4, 0.5) is 0 Å². The van der Waals surface area contributed by atoms with Gasteiger partial charge in [0.1, 0.15) is 0 Å². The normalized spacial score (nSPS) is 13.7. The van der Waals surface area contributed by atoms with Crippen molar-refractivity contribution in [3.05, 3.63) is 29.8 Å². The van der Waals surface area contributed by atoms with E-state index in [2.05, 4.69) is 6.92 Å². The summed E-state index contributed by atoms with van der Waals surface area (Å²) in [6.45, 7) is 6.82. The second-order valence-corrected chi connectivity index (χ2v) is 6.65. The molecule has 0 aromatic heterocycles. The van der Waals surface area contributed by atoms with Gasteiger partial charge in [-0.1, -0.05) is 32.4 Å². The predicted octanol–water partition coefficient (Wildman–Crippen LogP) is 2.52. The van der Waals surface area contributed by atoms with E-state index >= 15 is 0 Å². The number of hydrogen-bond donors (Lipinski definition) is 1. The molecule has 0 saturated carbocycles. The maximum absolute atomic E-state index is 12.5. The molecule has 1 aromatic rings. The van der Waals surface area contributed by atoms with Crippen LogP contribution in [0.5, 0.6) is 0 Å². The first-order chi connectivity index (χ1) is 8.93. The van der Waals surface area contributed by atoms with Gasteiger partial charge in [-0.2, -0.15) is 4.31 Å². The van der Waals surface area contributed by atoms with Gasteiger partial charge in [-0.25, -0.2) is 8.42 Å². The van der Waals surface area contributed by atoms with Crippen LogP contribution in [0.2, 0.25) is 0 Å². The average molecular weight is 284 g/mol. The van der Waals surface area contributed by atoms with Crippen LogP contribution in [-0.4, -0.2) is 25.8 Å². The molecule has 2 N–H and O–H groups in total. The summed E-state index contributed by atoms with van der Waals surface area (Å²) in [6.07, 6.45) is 1.85. The molecule has 0 aliphatic heterocycles. The number of nitrogens with zero attached hydrogens (tertiary/aromatic N) is 1. The first kappa shape index (κ1) is 16.1. The Morgan fingerprint density at radius 1 is 1.32 bits per heavy atom. The molecule has 5 heteroatoms. The Bertz CT molecular complexity index is 498. The topological polar surface area (TPSA) is 63.4 Å². The van der Waals surface area contributed by atoms with E-state index in [9.17, 15) is 8.42 Å². The summed E-state index contributed by atoms with van der Waals surface area (Å²) in [5.74, 6) is 0. The summed E-state index contributed by atoms with van der Waals surface area (Å²) in [6, 6.07) is 6.75. The first-order valence-corrected chi connectivity index (χ1v) is 8.23. The maximum atomic E-state index is 12.5. The van der Waals surface area contributed by atoms with E-state index in [1.807, 2.05) is 19.9 Å². The molecule has 1 aromatic carbocycles. The van der Waals surface area contributed by atoms with E-state index in [1.165, 1.54) is 4.31 Å². The summed E-state index contributed by atoms with van der Waals surface area (Å²) in [5.41, 5.74) is 6.65. The van der Waals surface area contributed by atoms with E-state index in [0.717, 1.165) is 18.4 Å². The minimum Gasteiger partial charge on any atom is -0.324 e. The van der Waals surface area contributed by atoms with Crippen molar-refractivity contribution in [3.8, 4) is 0 Å². The molecule has 0 spiro atoms. The third-order valence-electron chi connectivity index (χ3n) is 3.14. The Hall–Kier alpha value is -0.910. The highest BCUT2D eigenvalue weighted by Gasteiger charge is 2.22. The summed E-state index contributed by atoms with van der Waals surface area (Å²) in [5, 5.41) is 0. The lowest BCUT2D eigenvalue weighted by atomic mass is 10.1. The number of unbranched alkanes of at least 4 members (excludes halogenated alkanes) is 1. The van der Waals surface area contributed by atoms with Crippen molar-refractivity contribution < 1.29 is 8.42 Å². The van der Waals surface area contributed by atoms with Gasteiger partial charge in [0.25, 0.3) is 0 Å². The van der Waals surface area contributed by atoms with Crippen molar-refractivity contribution in [3.63, 3.8) is 0 Å². The standard InChI is InChI=1S/C14H24N2O2S/c1-4-6-10-16(5-2)19(17,18)14-9-7-8-13(11-14)12(3)15/h7-9,11-12H,4-6,10,15H2,1-3H3. The maximum Gasteiger partial charge on any atom is 0.243 e. The monoisotopic (exact) mass is 284 g/mol. The van der Waals surface area contributed by atoms with E-state index < -0.39 is 10.0 Å². The lowest BCUT2D eigenvalue weighted by molar-refractivity contribution is 0.419. The fourth-order valence-electron chi connectivity index (χ4n) is 1.89. The van der Waals surface area contributed by atoms with Gasteiger partial charge in [0.05, 0.1) is 4.90 Å². The fraction of sp³-hybridized carbons (Fsp3) is 0.571. The van der Waals surface area contributed by atoms with Crippen molar-refractivity contribution >= 4 is 10.0 Å². The number of benzene rings is 1. The average Bonchev–Trinajstić information content (AvgIpc) is 2.39. The SMILES string of the molecule is CCCCN(CC)S(=O)(=O)c1cccc(C(C)N)c1. The van der Waals surface area contributed by atoms with Gasteiger partial charge in [0.2, 0.25) is 10.0 Å². The molecule has 1 unspecified atom stereocenters. The zero-order chi connectivity index (χ0) is 14.5. The molecule has 4 nitrogen and oxygen atoms in total. The van der Waals surface area contributed by atoms with Gasteiger partial charge in [-0.15, -0.1) is 0 Å². The molecular weight excluding hydrogens is 260 g/mol. The molecule has 1 rings (SSSR count). The van der Waals surface area contributed by atoms with Crippen LogP contribution in [-0.2, 0) is 10.0 Å². The summed E-state index contributed by atoms with van der Waals surface area (Å²) in [7, 11) is -3.40. The summed E-state index contributed by atoms with van der Waals surface area (Å²) in [4.78, 5) is 0.334. The summed E-state index contributed by atoms with van der Waals surface area (Å²) >= 11 is 0. The second-order valence-electron chi connectivity index (χ2n) is 4.71. The molecule has 19 heavy (non-hydrogen) atoms.